The van der Waals surface area contributed by atoms with Crippen LogP contribution in [-0.4, -0.2) is 17.9 Å². The fourth-order valence-corrected chi connectivity index (χ4v) is 12.1. The number of allylic oxidation sites excluding steroid dienone is 2. The Balaban J connectivity index is 1.10. The van der Waals surface area contributed by atoms with Gasteiger partial charge in [0.1, 0.15) is 5.75 Å². The molecule has 0 radical (unpaired) electrons. The molecule has 0 aliphatic carbocycles. The summed E-state index contributed by atoms with van der Waals surface area (Å²) in [4.78, 5) is 0. The number of benzene rings is 5. The molecule has 0 unspecified atom stereocenters. The van der Waals surface area contributed by atoms with Gasteiger partial charge in [0.15, 0.2) is 0 Å². The average Bonchev–Trinajstić information content (AvgIpc) is 3.15. The van der Waals surface area contributed by atoms with Gasteiger partial charge < -0.3 is 5.11 Å². The molecule has 0 saturated carbocycles. The quantitative estimate of drug-likeness (QED) is 0.0508. The summed E-state index contributed by atoms with van der Waals surface area (Å²) in [5, 5.41) is 15.3. The number of hydrogen-bond acceptors (Lipinski definition) is 2. The van der Waals surface area contributed by atoms with Crippen LogP contribution in [0, 0.1) is 0 Å². The molecular formula is C46H53O2P. The predicted octanol–water partition coefficient (Wildman–Crippen LogP) is 10.7. The number of rotatable bonds is 20. The Labute approximate surface area is 295 Å². The van der Waals surface area contributed by atoms with Crippen molar-refractivity contribution in [2.45, 2.75) is 64.2 Å². The van der Waals surface area contributed by atoms with Crippen molar-refractivity contribution in [1.82, 2.24) is 0 Å². The van der Waals surface area contributed by atoms with E-state index in [1.165, 1.54) is 60.6 Å². The fraction of sp³-hybridized carbons (Fsp3) is 0.261. The van der Waals surface area contributed by atoms with Gasteiger partial charge in [-0.1, -0.05) is 24.3 Å². The molecule has 5 rings (SSSR count). The fourth-order valence-electron chi connectivity index (χ4n) is 7.14. The van der Waals surface area contributed by atoms with Crippen molar-refractivity contribution in [1.29, 1.82) is 0 Å². The standard InChI is InChI=1S/C46H53O2P/c1-3-22-38-30-32-45(47)43(36-38)44-37-39(23-4-2)31-33-46(44)48-34-20-9-7-5-6-8-10-21-35-49(40-24-14-11-15-25-40,41-26-16-12-17-27-41)42-28-18-13-19-29-42/h3-4,11-19,24-33,36-37,47,49H,1-2,5-10,20-23,34-35H2. The number of phenols is 1. The summed E-state index contributed by atoms with van der Waals surface area (Å²) >= 11 is 0. The molecule has 49 heavy (non-hydrogen) atoms. The Hall–Kier alpha value is -4.39. The van der Waals surface area contributed by atoms with Gasteiger partial charge in [0.25, 0.3) is 0 Å². The van der Waals surface area contributed by atoms with E-state index in [0.29, 0.717) is 6.61 Å². The molecule has 0 aliphatic rings. The van der Waals surface area contributed by atoms with Gasteiger partial charge in [0.2, 0.25) is 0 Å². The van der Waals surface area contributed by atoms with Gasteiger partial charge in [-0.2, -0.15) is 0 Å². The monoisotopic (exact) mass is 668 g/mol. The van der Waals surface area contributed by atoms with Gasteiger partial charge in [0.05, 0.1) is 0 Å². The molecule has 0 spiro atoms. The Morgan fingerprint density at radius 2 is 0.959 bits per heavy atom. The minimum atomic E-state index is -2.12. The molecule has 0 aliphatic heterocycles. The maximum atomic E-state index is 10.7. The zero-order valence-corrected chi connectivity index (χ0v) is 30.0. The summed E-state index contributed by atoms with van der Waals surface area (Å²) in [7, 11) is -2.12. The Kier molecular flexibility index (Phi) is 13.9. The maximum Gasteiger partial charge on any atom is -0.0470 e. The SMILES string of the molecule is C=CCc1ccc(O)c(-c2cc(CC=C)ccc2OCCCCCCCCCC[PH](c2ccccc2)(c2ccccc2)c2ccccc2)c1. The molecular weight excluding hydrogens is 615 g/mol. The van der Waals surface area contributed by atoms with Crippen LogP contribution in [0.5, 0.6) is 11.5 Å². The first-order chi connectivity index (χ1) is 24.2. The molecule has 0 bridgehead atoms. The van der Waals surface area contributed by atoms with Crippen LogP contribution in [0.3, 0.4) is 0 Å². The first-order valence-electron chi connectivity index (χ1n) is 18.1. The van der Waals surface area contributed by atoms with Gasteiger partial charge in [-0.3, -0.25) is 0 Å². The summed E-state index contributed by atoms with van der Waals surface area (Å²) in [6.45, 7) is 8.44. The molecule has 0 fully saturated rings. The van der Waals surface area contributed by atoms with Gasteiger partial charge >= 0.3 is 189 Å². The first kappa shape index (κ1) is 35.9. The van der Waals surface area contributed by atoms with Crippen LogP contribution in [0.25, 0.3) is 11.1 Å². The van der Waals surface area contributed by atoms with Crippen molar-refractivity contribution in [2.75, 3.05) is 12.8 Å². The van der Waals surface area contributed by atoms with Crippen molar-refractivity contribution in [2.24, 2.45) is 0 Å². The predicted molar refractivity (Wildman–Crippen MR) is 215 cm³/mol. The minimum Gasteiger partial charge on any atom is -0.0470 e. The van der Waals surface area contributed by atoms with E-state index in [2.05, 4.69) is 116 Å². The van der Waals surface area contributed by atoms with Gasteiger partial charge in [-0.05, 0) is 48.2 Å². The molecule has 0 amide bonds. The van der Waals surface area contributed by atoms with Crippen LogP contribution in [0.2, 0.25) is 0 Å². The Bertz CT molecular complexity index is 1630. The normalized spacial score (nSPS) is 11.6. The zero-order chi connectivity index (χ0) is 34.2. The van der Waals surface area contributed by atoms with Crippen molar-refractivity contribution >= 4 is 23.2 Å². The van der Waals surface area contributed by atoms with E-state index < -0.39 is 7.26 Å². The van der Waals surface area contributed by atoms with E-state index in [1.54, 1.807) is 6.07 Å². The summed E-state index contributed by atoms with van der Waals surface area (Å²) in [6, 6.07) is 45.9. The third-order valence-electron chi connectivity index (χ3n) is 9.66. The van der Waals surface area contributed by atoms with Crippen LogP contribution in [0.4, 0.5) is 0 Å². The van der Waals surface area contributed by atoms with Gasteiger partial charge in [-0.15, -0.1) is 13.2 Å². The Morgan fingerprint density at radius 3 is 1.47 bits per heavy atom. The number of ether oxygens (including phenoxy) is 1. The smallest absolute Gasteiger partial charge is 0.0470 e. The van der Waals surface area contributed by atoms with Crippen LogP contribution in [0.15, 0.2) is 153 Å². The molecule has 254 valence electrons. The molecule has 0 atom stereocenters. The third-order valence-corrected chi connectivity index (χ3v) is 14.7. The van der Waals surface area contributed by atoms with E-state index in [-0.39, 0.29) is 5.75 Å². The molecule has 0 saturated heterocycles. The molecule has 3 heteroatoms. The summed E-state index contributed by atoms with van der Waals surface area (Å²) in [5.74, 6) is 1.08. The molecule has 0 aromatic heterocycles. The molecule has 5 aromatic carbocycles. The topological polar surface area (TPSA) is 29.5 Å². The Morgan fingerprint density at radius 1 is 0.510 bits per heavy atom. The molecule has 1 N–H and O–H groups in total. The van der Waals surface area contributed by atoms with Crippen LogP contribution in [-0.2, 0) is 12.8 Å². The van der Waals surface area contributed by atoms with Crippen molar-refractivity contribution in [3.05, 3.63) is 164 Å². The van der Waals surface area contributed by atoms with E-state index in [9.17, 15) is 5.11 Å². The molecule has 0 heterocycles. The van der Waals surface area contributed by atoms with Crippen LogP contribution in [0.1, 0.15) is 62.5 Å². The van der Waals surface area contributed by atoms with E-state index >= 15 is 0 Å². The second-order valence-corrected chi connectivity index (χ2v) is 17.1. The van der Waals surface area contributed by atoms with Crippen molar-refractivity contribution in [3.8, 4) is 22.6 Å². The van der Waals surface area contributed by atoms with Crippen LogP contribution < -0.4 is 20.7 Å². The second-order valence-electron chi connectivity index (χ2n) is 13.1. The van der Waals surface area contributed by atoms with E-state index in [4.69, 9.17) is 4.74 Å². The third kappa shape index (κ3) is 9.62. The maximum absolute atomic E-state index is 10.7. The number of phenolic OH excluding ortho intramolecular Hbond substituents is 1. The minimum absolute atomic E-state index is 0.265. The average molecular weight is 669 g/mol. The van der Waals surface area contributed by atoms with Gasteiger partial charge in [-0.25, -0.2) is 0 Å². The zero-order valence-electron chi connectivity index (χ0n) is 29.0. The largest absolute Gasteiger partial charge is 0.0470 e. The first-order valence-corrected chi connectivity index (χ1v) is 20.3. The number of aromatic hydroxyl groups is 1. The summed E-state index contributed by atoms with van der Waals surface area (Å²) in [5.41, 5.74) is 4.00. The summed E-state index contributed by atoms with van der Waals surface area (Å²) in [6.07, 6.45) is 16.3. The van der Waals surface area contributed by atoms with Crippen LogP contribution >= 0.6 is 7.26 Å². The molecule has 2 nitrogen and oxygen atoms in total. The van der Waals surface area contributed by atoms with Gasteiger partial charge in [0, 0.05) is 11.1 Å². The number of unbranched alkanes of at least 4 members (excludes halogenated alkanes) is 7. The van der Waals surface area contributed by atoms with E-state index in [1.807, 2.05) is 30.4 Å². The number of hydrogen-bond donors (Lipinski definition) is 1. The van der Waals surface area contributed by atoms with Crippen molar-refractivity contribution < 1.29 is 9.84 Å². The second kappa shape index (κ2) is 19.0. The molecule has 5 aromatic rings. The van der Waals surface area contributed by atoms with Crippen molar-refractivity contribution in [3.63, 3.8) is 0 Å². The summed E-state index contributed by atoms with van der Waals surface area (Å²) < 4.78 is 6.33. The van der Waals surface area contributed by atoms with E-state index in [0.717, 1.165) is 53.7 Å².